The van der Waals surface area contributed by atoms with Crippen molar-refractivity contribution in [3.8, 4) is 17.2 Å². The molecule has 0 saturated carbocycles. The molecule has 0 unspecified atom stereocenters. The molecule has 0 bridgehead atoms. The summed E-state index contributed by atoms with van der Waals surface area (Å²) in [5.41, 5.74) is -0.187. The monoisotopic (exact) mass is 328 g/mol. The maximum absolute atomic E-state index is 12.1. The zero-order valence-corrected chi connectivity index (χ0v) is 12.0. The quantitative estimate of drug-likeness (QED) is 0.334. The van der Waals surface area contributed by atoms with E-state index in [2.05, 4.69) is 0 Å². The topological polar surface area (TPSA) is 146 Å². The number of aromatic hydroxyl groups is 2. The number of rotatable bonds is 2. The summed E-state index contributed by atoms with van der Waals surface area (Å²) in [5.74, 6) is -2.24. The standard InChI is InChI=1S/C14H16O9/c1-21-5-2-4-7(10(18)8(5)16)12-13(23-14(4)20)11(19)9(17)6(3-15)22-12/h2,6,9,11-13,15-19H,3H2,1H3/t6-,9-,11+,12+,13-/m1/s1. The molecular formula is C14H16O9. The summed E-state index contributed by atoms with van der Waals surface area (Å²) in [6, 6.07) is 1.18. The average Bonchev–Trinajstić information content (AvgIpc) is 2.54. The van der Waals surface area contributed by atoms with Crippen molar-refractivity contribution >= 4 is 5.97 Å². The third kappa shape index (κ3) is 2.20. The largest absolute Gasteiger partial charge is 0.504 e. The van der Waals surface area contributed by atoms with Gasteiger partial charge in [0.25, 0.3) is 0 Å². The van der Waals surface area contributed by atoms with Crippen molar-refractivity contribution in [2.45, 2.75) is 30.5 Å². The number of ether oxygens (including phenoxy) is 3. The highest BCUT2D eigenvalue weighted by Gasteiger charge is 2.52. The summed E-state index contributed by atoms with van der Waals surface area (Å²) in [7, 11) is 1.25. The van der Waals surface area contributed by atoms with Crippen LogP contribution >= 0.6 is 0 Å². The highest BCUT2D eigenvalue weighted by molar-refractivity contribution is 5.95. The Morgan fingerprint density at radius 3 is 2.52 bits per heavy atom. The zero-order valence-electron chi connectivity index (χ0n) is 12.0. The molecule has 5 N–H and O–H groups in total. The minimum atomic E-state index is -1.52. The van der Waals surface area contributed by atoms with E-state index in [1.807, 2.05) is 0 Å². The molecule has 1 fully saturated rings. The molecule has 9 nitrogen and oxygen atoms in total. The van der Waals surface area contributed by atoms with Crippen LogP contribution in [0.1, 0.15) is 22.0 Å². The molecule has 1 saturated heterocycles. The molecule has 1 aromatic rings. The fourth-order valence-electron chi connectivity index (χ4n) is 2.90. The molecular weight excluding hydrogens is 312 g/mol. The number of hydrogen-bond donors (Lipinski definition) is 5. The zero-order chi connectivity index (χ0) is 16.9. The van der Waals surface area contributed by atoms with E-state index in [4.69, 9.17) is 14.2 Å². The summed E-state index contributed by atoms with van der Waals surface area (Å²) < 4.78 is 15.4. The third-order valence-electron chi connectivity index (χ3n) is 4.11. The molecule has 23 heavy (non-hydrogen) atoms. The molecule has 126 valence electrons. The second kappa shape index (κ2) is 5.53. The lowest BCUT2D eigenvalue weighted by Gasteiger charge is -2.44. The highest BCUT2D eigenvalue weighted by atomic mass is 16.6. The van der Waals surface area contributed by atoms with Gasteiger partial charge in [-0.3, -0.25) is 0 Å². The number of phenolic OH excluding ortho intramolecular Hbond substituents is 2. The van der Waals surface area contributed by atoms with Gasteiger partial charge in [-0.05, 0) is 6.07 Å². The molecule has 9 heteroatoms. The number of hydrogen-bond acceptors (Lipinski definition) is 9. The Labute approximate surface area is 130 Å². The Morgan fingerprint density at radius 2 is 1.91 bits per heavy atom. The van der Waals surface area contributed by atoms with Gasteiger partial charge in [0, 0.05) is 5.56 Å². The summed E-state index contributed by atoms with van der Waals surface area (Å²) in [6.07, 6.45) is -6.57. The van der Waals surface area contributed by atoms with E-state index in [1.54, 1.807) is 0 Å². The van der Waals surface area contributed by atoms with Gasteiger partial charge in [0.2, 0.25) is 5.75 Å². The number of esters is 1. The molecule has 0 amide bonds. The molecule has 5 atom stereocenters. The Morgan fingerprint density at radius 1 is 1.22 bits per heavy atom. The predicted molar refractivity (Wildman–Crippen MR) is 72.2 cm³/mol. The van der Waals surface area contributed by atoms with E-state index < -0.39 is 54.6 Å². The summed E-state index contributed by atoms with van der Waals surface area (Å²) in [6.45, 7) is -0.590. The van der Waals surface area contributed by atoms with Gasteiger partial charge in [-0.15, -0.1) is 0 Å². The first-order valence-corrected chi connectivity index (χ1v) is 6.87. The lowest BCUT2D eigenvalue weighted by atomic mass is 9.86. The SMILES string of the molecule is COc1cc2c(c(O)c1O)[C@@H]1O[C@H](CO)[C@@H](O)[C@H](O)[C@H]1OC2=O. The molecule has 2 aliphatic rings. The van der Waals surface area contributed by atoms with Crippen LogP contribution in [0.5, 0.6) is 17.2 Å². The second-order valence-electron chi connectivity index (χ2n) is 5.37. The van der Waals surface area contributed by atoms with Gasteiger partial charge in [-0.2, -0.15) is 0 Å². The first-order valence-electron chi connectivity index (χ1n) is 6.87. The lowest BCUT2D eigenvalue weighted by molar-refractivity contribution is -0.235. The van der Waals surface area contributed by atoms with Crippen LogP contribution in [0.2, 0.25) is 0 Å². The van der Waals surface area contributed by atoms with Crippen LogP contribution in [0.3, 0.4) is 0 Å². The molecule has 3 rings (SSSR count). The number of aliphatic hydroxyl groups excluding tert-OH is 3. The van der Waals surface area contributed by atoms with Gasteiger partial charge >= 0.3 is 5.97 Å². The molecule has 0 radical (unpaired) electrons. The van der Waals surface area contributed by atoms with Gasteiger partial charge < -0.3 is 39.7 Å². The first-order chi connectivity index (χ1) is 10.9. The summed E-state index contributed by atoms with van der Waals surface area (Å²) in [4.78, 5) is 12.1. The molecule has 0 spiro atoms. The maximum Gasteiger partial charge on any atom is 0.339 e. The van der Waals surface area contributed by atoms with E-state index in [0.717, 1.165) is 0 Å². The fraction of sp³-hybridized carbons (Fsp3) is 0.500. The van der Waals surface area contributed by atoms with Crippen molar-refractivity contribution in [3.05, 3.63) is 17.2 Å². The number of aliphatic hydroxyl groups is 3. The third-order valence-corrected chi connectivity index (χ3v) is 4.11. The van der Waals surface area contributed by atoms with Crippen LogP contribution < -0.4 is 4.74 Å². The number of phenols is 2. The van der Waals surface area contributed by atoms with E-state index in [0.29, 0.717) is 0 Å². The summed E-state index contributed by atoms with van der Waals surface area (Å²) >= 11 is 0. The van der Waals surface area contributed by atoms with Crippen LogP contribution in [0.25, 0.3) is 0 Å². The highest BCUT2D eigenvalue weighted by Crippen LogP contribution is 2.49. The van der Waals surface area contributed by atoms with Crippen LogP contribution in [0.4, 0.5) is 0 Å². The van der Waals surface area contributed by atoms with E-state index in [9.17, 15) is 30.3 Å². The van der Waals surface area contributed by atoms with Crippen molar-refractivity contribution in [3.63, 3.8) is 0 Å². The van der Waals surface area contributed by atoms with E-state index in [1.165, 1.54) is 13.2 Å². The minimum Gasteiger partial charge on any atom is -0.504 e. The van der Waals surface area contributed by atoms with E-state index >= 15 is 0 Å². The number of carbonyl (C=O) groups is 1. The van der Waals surface area contributed by atoms with Gasteiger partial charge in [0.05, 0.1) is 19.3 Å². The maximum atomic E-state index is 12.1. The normalized spacial score (nSPS) is 32.7. The second-order valence-corrected chi connectivity index (χ2v) is 5.37. The van der Waals surface area contributed by atoms with Crippen molar-refractivity contribution in [2.24, 2.45) is 0 Å². The van der Waals surface area contributed by atoms with Gasteiger partial charge in [-0.1, -0.05) is 0 Å². The van der Waals surface area contributed by atoms with Crippen LogP contribution in [0.15, 0.2) is 6.07 Å². The van der Waals surface area contributed by atoms with Gasteiger partial charge in [0.15, 0.2) is 17.6 Å². The number of fused-ring (bicyclic) bond motifs is 3. The minimum absolute atomic E-state index is 0.0889. The van der Waals surface area contributed by atoms with Crippen molar-refractivity contribution in [1.82, 2.24) is 0 Å². The van der Waals surface area contributed by atoms with Crippen LogP contribution in [0, 0.1) is 0 Å². The lowest BCUT2D eigenvalue weighted by Crippen LogP contribution is -2.58. The molecule has 2 heterocycles. The first kappa shape index (κ1) is 15.8. The smallest absolute Gasteiger partial charge is 0.339 e. The molecule has 1 aromatic carbocycles. The Kier molecular flexibility index (Phi) is 3.80. The Bertz CT molecular complexity index is 644. The number of methoxy groups -OCH3 is 1. The van der Waals surface area contributed by atoms with Crippen molar-refractivity contribution in [1.29, 1.82) is 0 Å². The van der Waals surface area contributed by atoms with E-state index in [-0.39, 0.29) is 16.9 Å². The van der Waals surface area contributed by atoms with Crippen LogP contribution in [-0.2, 0) is 9.47 Å². The predicted octanol–water partition coefficient (Wildman–Crippen LogP) is -1.20. The average molecular weight is 328 g/mol. The van der Waals surface area contributed by atoms with Crippen LogP contribution in [-0.4, -0.2) is 69.6 Å². The van der Waals surface area contributed by atoms with Gasteiger partial charge in [0.1, 0.15) is 24.4 Å². The van der Waals surface area contributed by atoms with Crippen molar-refractivity contribution in [2.75, 3.05) is 13.7 Å². The molecule has 0 aliphatic carbocycles. The molecule has 2 aliphatic heterocycles. The van der Waals surface area contributed by atoms with Gasteiger partial charge in [-0.25, -0.2) is 4.79 Å². The Balaban J connectivity index is 2.14. The Hall–Kier alpha value is -2.07. The summed E-state index contributed by atoms with van der Waals surface area (Å²) in [5, 5.41) is 49.3. The van der Waals surface area contributed by atoms with Crippen molar-refractivity contribution < 1.29 is 44.5 Å². The molecule has 0 aromatic heterocycles. The number of carbonyl (C=O) groups excluding carboxylic acids is 1. The fourth-order valence-corrected chi connectivity index (χ4v) is 2.90. The number of benzene rings is 1.